The van der Waals surface area contributed by atoms with Gasteiger partial charge in [0.1, 0.15) is 0 Å². The van der Waals surface area contributed by atoms with Crippen LogP contribution in [0.2, 0.25) is 0 Å². The van der Waals surface area contributed by atoms with Gasteiger partial charge in [-0.2, -0.15) is 0 Å². The highest BCUT2D eigenvalue weighted by Gasteiger charge is 2.42. The predicted molar refractivity (Wildman–Crippen MR) is 69.1 cm³/mol. The first-order valence-corrected chi connectivity index (χ1v) is 6.64. The zero-order chi connectivity index (χ0) is 11.8. The first kappa shape index (κ1) is 11.6. The number of aryl methyl sites for hydroxylation is 2. The molecule has 1 aliphatic rings. The molecule has 1 aromatic rings. The zero-order valence-corrected chi connectivity index (χ0v) is 11.2. The second-order valence-electron chi connectivity index (χ2n) is 4.67. The maximum Gasteiger partial charge on any atom is 0.251 e. The van der Waals surface area contributed by atoms with E-state index >= 15 is 0 Å². The van der Waals surface area contributed by atoms with Gasteiger partial charge >= 0.3 is 0 Å². The SMILES string of the molecule is Cc1ccc(C(=O)NC2(CBr)CC2)cc1C. The van der Waals surface area contributed by atoms with E-state index in [-0.39, 0.29) is 11.4 Å². The normalized spacial score (nSPS) is 16.9. The van der Waals surface area contributed by atoms with Gasteiger partial charge in [0, 0.05) is 10.9 Å². The van der Waals surface area contributed by atoms with E-state index in [4.69, 9.17) is 0 Å². The van der Waals surface area contributed by atoms with Gasteiger partial charge in [-0.15, -0.1) is 0 Å². The van der Waals surface area contributed by atoms with E-state index in [0.717, 1.165) is 29.3 Å². The summed E-state index contributed by atoms with van der Waals surface area (Å²) in [5, 5.41) is 3.94. The largest absolute Gasteiger partial charge is 0.346 e. The third-order valence-electron chi connectivity index (χ3n) is 3.26. The first-order chi connectivity index (χ1) is 7.56. The number of benzene rings is 1. The van der Waals surface area contributed by atoms with E-state index in [9.17, 15) is 4.79 Å². The number of carbonyl (C=O) groups excluding carboxylic acids is 1. The number of carbonyl (C=O) groups is 1. The summed E-state index contributed by atoms with van der Waals surface area (Å²) in [5.74, 6) is 0.0417. The summed E-state index contributed by atoms with van der Waals surface area (Å²) in [6.45, 7) is 4.08. The molecule has 2 nitrogen and oxygen atoms in total. The van der Waals surface area contributed by atoms with E-state index in [1.165, 1.54) is 5.56 Å². The van der Waals surface area contributed by atoms with Crippen LogP contribution in [0.5, 0.6) is 0 Å². The summed E-state index contributed by atoms with van der Waals surface area (Å²) in [4.78, 5) is 12.0. The number of nitrogens with one attached hydrogen (secondary N) is 1. The maximum atomic E-state index is 12.0. The number of amides is 1. The Morgan fingerprint density at radius 3 is 2.56 bits per heavy atom. The summed E-state index contributed by atoms with van der Waals surface area (Å²) < 4.78 is 0. The molecule has 1 amide bonds. The smallest absolute Gasteiger partial charge is 0.251 e. The molecule has 0 aromatic heterocycles. The molecule has 1 aliphatic carbocycles. The van der Waals surface area contributed by atoms with Crippen LogP contribution in [0.25, 0.3) is 0 Å². The lowest BCUT2D eigenvalue weighted by Gasteiger charge is -2.14. The molecule has 0 spiro atoms. The van der Waals surface area contributed by atoms with E-state index in [0.29, 0.717) is 0 Å². The summed E-state index contributed by atoms with van der Waals surface area (Å²) in [5.41, 5.74) is 3.17. The third-order valence-corrected chi connectivity index (χ3v) is 4.33. The fourth-order valence-electron chi connectivity index (χ4n) is 1.64. The molecule has 86 valence electrons. The number of hydrogen-bond donors (Lipinski definition) is 1. The minimum Gasteiger partial charge on any atom is -0.346 e. The Kier molecular flexibility index (Phi) is 3.06. The summed E-state index contributed by atoms with van der Waals surface area (Å²) in [6.07, 6.45) is 2.16. The molecule has 0 atom stereocenters. The molecule has 1 saturated carbocycles. The molecule has 3 heteroatoms. The van der Waals surface area contributed by atoms with Crippen LogP contribution in [0, 0.1) is 13.8 Å². The van der Waals surface area contributed by atoms with Gasteiger partial charge in [0.05, 0.1) is 5.54 Å². The first-order valence-electron chi connectivity index (χ1n) is 5.52. The minimum atomic E-state index is 0.0237. The third kappa shape index (κ3) is 2.29. The number of alkyl halides is 1. The van der Waals surface area contributed by atoms with E-state index in [2.05, 4.69) is 28.2 Å². The van der Waals surface area contributed by atoms with Crippen molar-refractivity contribution in [3.8, 4) is 0 Å². The standard InChI is InChI=1S/C13H16BrNO/c1-9-3-4-11(7-10(9)2)12(16)15-13(8-14)5-6-13/h3-4,7H,5-6,8H2,1-2H3,(H,15,16). The van der Waals surface area contributed by atoms with Gasteiger partial charge in [0.2, 0.25) is 0 Å². The van der Waals surface area contributed by atoms with Crippen LogP contribution < -0.4 is 5.32 Å². The molecule has 0 unspecified atom stereocenters. The average Bonchev–Trinajstić information content (AvgIpc) is 3.02. The van der Waals surface area contributed by atoms with Crippen molar-refractivity contribution in [2.75, 3.05) is 5.33 Å². The molecule has 1 fully saturated rings. The van der Waals surface area contributed by atoms with Crippen LogP contribution in [0.4, 0.5) is 0 Å². The highest BCUT2D eigenvalue weighted by Crippen LogP contribution is 2.37. The van der Waals surface area contributed by atoms with Crippen LogP contribution in [0.3, 0.4) is 0 Å². The molecular formula is C13H16BrNO. The monoisotopic (exact) mass is 281 g/mol. The lowest BCUT2D eigenvalue weighted by Crippen LogP contribution is -2.38. The molecule has 0 aliphatic heterocycles. The summed E-state index contributed by atoms with van der Waals surface area (Å²) in [7, 11) is 0. The molecular weight excluding hydrogens is 266 g/mol. The van der Waals surface area contributed by atoms with E-state index in [1.54, 1.807) is 0 Å². The van der Waals surface area contributed by atoms with Crippen LogP contribution in [0.1, 0.15) is 34.3 Å². The van der Waals surface area contributed by atoms with Crippen molar-refractivity contribution < 1.29 is 4.79 Å². The van der Waals surface area contributed by atoms with Crippen LogP contribution in [-0.2, 0) is 0 Å². The Labute approximate surface area is 105 Å². The Morgan fingerprint density at radius 1 is 1.38 bits per heavy atom. The van der Waals surface area contributed by atoms with Crippen molar-refractivity contribution >= 4 is 21.8 Å². The predicted octanol–water partition coefficient (Wildman–Crippen LogP) is 2.96. The number of rotatable bonds is 3. The second kappa shape index (κ2) is 4.21. The summed E-state index contributed by atoms with van der Waals surface area (Å²) >= 11 is 3.45. The van der Waals surface area contributed by atoms with Gasteiger partial charge in [-0.1, -0.05) is 22.0 Å². The van der Waals surface area contributed by atoms with Crippen molar-refractivity contribution in [3.63, 3.8) is 0 Å². The van der Waals surface area contributed by atoms with Crippen molar-refractivity contribution in [1.29, 1.82) is 0 Å². The molecule has 2 rings (SSSR count). The second-order valence-corrected chi connectivity index (χ2v) is 5.23. The maximum absolute atomic E-state index is 12.0. The van der Waals surface area contributed by atoms with Gasteiger partial charge < -0.3 is 5.32 Å². The topological polar surface area (TPSA) is 29.1 Å². The van der Waals surface area contributed by atoms with Crippen molar-refractivity contribution in [3.05, 3.63) is 34.9 Å². The Morgan fingerprint density at radius 2 is 2.06 bits per heavy atom. The van der Waals surface area contributed by atoms with Crippen molar-refractivity contribution in [2.45, 2.75) is 32.2 Å². The zero-order valence-electron chi connectivity index (χ0n) is 9.64. The van der Waals surface area contributed by atoms with Gasteiger partial charge in [0.25, 0.3) is 5.91 Å². The van der Waals surface area contributed by atoms with Crippen molar-refractivity contribution in [2.24, 2.45) is 0 Å². The highest BCUT2D eigenvalue weighted by atomic mass is 79.9. The van der Waals surface area contributed by atoms with Crippen LogP contribution in [-0.4, -0.2) is 16.8 Å². The number of halogens is 1. The molecule has 1 aromatic carbocycles. The summed E-state index contributed by atoms with van der Waals surface area (Å²) in [6, 6.07) is 5.84. The van der Waals surface area contributed by atoms with E-state index < -0.39 is 0 Å². The Hall–Kier alpha value is -0.830. The minimum absolute atomic E-state index is 0.0237. The lowest BCUT2D eigenvalue weighted by molar-refractivity contribution is 0.0936. The van der Waals surface area contributed by atoms with Crippen LogP contribution in [0.15, 0.2) is 18.2 Å². The quantitative estimate of drug-likeness (QED) is 0.848. The highest BCUT2D eigenvalue weighted by molar-refractivity contribution is 9.09. The van der Waals surface area contributed by atoms with Gasteiger partial charge in [0.15, 0.2) is 0 Å². The van der Waals surface area contributed by atoms with Crippen LogP contribution >= 0.6 is 15.9 Å². The van der Waals surface area contributed by atoms with Gasteiger partial charge in [-0.3, -0.25) is 4.79 Å². The Bertz CT molecular complexity index is 424. The molecule has 16 heavy (non-hydrogen) atoms. The molecule has 1 N–H and O–H groups in total. The van der Waals surface area contributed by atoms with Gasteiger partial charge in [-0.25, -0.2) is 0 Å². The number of hydrogen-bond acceptors (Lipinski definition) is 1. The lowest BCUT2D eigenvalue weighted by atomic mass is 10.1. The van der Waals surface area contributed by atoms with E-state index in [1.807, 2.05) is 25.1 Å². The van der Waals surface area contributed by atoms with Crippen molar-refractivity contribution in [1.82, 2.24) is 5.32 Å². The molecule has 0 heterocycles. The molecule has 0 radical (unpaired) electrons. The molecule has 0 saturated heterocycles. The Balaban J connectivity index is 2.12. The molecule has 0 bridgehead atoms. The fraction of sp³-hybridized carbons (Fsp3) is 0.462. The van der Waals surface area contributed by atoms with Gasteiger partial charge in [-0.05, 0) is 49.9 Å². The fourth-order valence-corrected chi connectivity index (χ4v) is 2.34. The average molecular weight is 282 g/mol.